The van der Waals surface area contributed by atoms with Crippen LogP contribution in [0, 0.1) is 5.92 Å². The predicted octanol–water partition coefficient (Wildman–Crippen LogP) is 0.381. The Balaban J connectivity index is 3.26. The summed E-state index contributed by atoms with van der Waals surface area (Å²) in [5, 5.41) is 7.69. The molecule has 0 saturated carbocycles. The summed E-state index contributed by atoms with van der Waals surface area (Å²) < 4.78 is 15.6. The van der Waals surface area contributed by atoms with Gasteiger partial charge in [0.1, 0.15) is 23.9 Å². The van der Waals surface area contributed by atoms with Gasteiger partial charge in [0.15, 0.2) is 0 Å². The second-order valence-corrected chi connectivity index (χ2v) is 12.9. The van der Waals surface area contributed by atoms with E-state index >= 15 is 0 Å². The Hall–Kier alpha value is -4.01. The van der Waals surface area contributed by atoms with Gasteiger partial charge >= 0.3 is 7.82 Å². The van der Waals surface area contributed by atoms with Gasteiger partial charge in [0, 0.05) is 26.3 Å². The van der Waals surface area contributed by atoms with Gasteiger partial charge in [0.2, 0.25) is 35.4 Å². The van der Waals surface area contributed by atoms with Crippen LogP contribution in [0.5, 0.6) is 5.75 Å². The molecule has 1 rings (SSSR count). The Bertz CT molecular complexity index is 1270. The Morgan fingerprint density at radius 3 is 2.06 bits per heavy atom. The second kappa shape index (κ2) is 20.3. The normalized spacial score (nSPS) is 13.2. The van der Waals surface area contributed by atoms with E-state index in [2.05, 4.69) is 20.5 Å². The molecule has 0 unspecified atom stereocenters. The summed E-state index contributed by atoms with van der Waals surface area (Å²) in [5.74, 6) is -4.10. The molecule has 47 heavy (non-hydrogen) atoms. The summed E-state index contributed by atoms with van der Waals surface area (Å²) in [4.78, 5) is 95.2. The number of phosphoric acid groups is 1. The minimum Gasteiger partial charge on any atom is -0.404 e. The van der Waals surface area contributed by atoms with Crippen molar-refractivity contribution in [2.45, 2.75) is 97.2 Å². The summed E-state index contributed by atoms with van der Waals surface area (Å²) in [5.41, 5.74) is 11.3. The number of carbonyl (C=O) groups is 6. The van der Waals surface area contributed by atoms with Crippen LogP contribution in [0.4, 0.5) is 0 Å². The van der Waals surface area contributed by atoms with Crippen LogP contribution in [0.2, 0.25) is 0 Å². The van der Waals surface area contributed by atoms with Gasteiger partial charge in [-0.15, -0.1) is 0 Å². The lowest BCUT2D eigenvalue weighted by atomic mass is 10.0. The Kier molecular flexibility index (Phi) is 17.7. The molecule has 0 spiro atoms. The fourth-order valence-electron chi connectivity index (χ4n) is 4.68. The Labute approximate surface area is 274 Å². The highest BCUT2D eigenvalue weighted by Gasteiger charge is 2.31. The van der Waals surface area contributed by atoms with Crippen LogP contribution in [0.3, 0.4) is 0 Å². The van der Waals surface area contributed by atoms with Crippen LogP contribution in [-0.2, 0) is 39.8 Å². The van der Waals surface area contributed by atoms with Gasteiger partial charge in [0.25, 0.3) is 0 Å². The molecule has 0 saturated heterocycles. The Morgan fingerprint density at radius 1 is 0.915 bits per heavy atom. The zero-order chi connectivity index (χ0) is 35.7. The van der Waals surface area contributed by atoms with E-state index in [0.717, 1.165) is 19.3 Å². The molecular weight excluding hydrogens is 635 g/mol. The van der Waals surface area contributed by atoms with Crippen LogP contribution < -0.4 is 31.9 Å². The number of rotatable bonds is 22. The molecule has 0 aromatic heterocycles. The average molecular weight is 685 g/mol. The molecule has 0 aliphatic carbocycles. The van der Waals surface area contributed by atoms with E-state index < -0.39 is 67.9 Å². The molecule has 6 amide bonds. The number of hydrogen-bond acceptors (Lipinski definition) is 8. The first-order valence-corrected chi connectivity index (χ1v) is 17.0. The number of hydrogen-bond donors (Lipinski definition) is 7. The van der Waals surface area contributed by atoms with Crippen molar-refractivity contribution in [3.8, 4) is 5.75 Å². The molecule has 1 aromatic carbocycles. The van der Waals surface area contributed by atoms with Crippen LogP contribution in [0.25, 0.3) is 0 Å². The summed E-state index contributed by atoms with van der Waals surface area (Å²) in [6.07, 6.45) is 2.88. The third kappa shape index (κ3) is 17.5. The highest BCUT2D eigenvalue weighted by Crippen LogP contribution is 2.37. The largest absolute Gasteiger partial charge is 0.524 e. The van der Waals surface area contributed by atoms with E-state index in [1.807, 2.05) is 20.8 Å². The summed E-state index contributed by atoms with van der Waals surface area (Å²) in [6, 6.07) is 2.01. The van der Waals surface area contributed by atoms with E-state index in [4.69, 9.17) is 21.3 Å². The maximum absolute atomic E-state index is 13.9. The molecule has 1 aromatic rings. The quantitative estimate of drug-likeness (QED) is 0.0652. The maximum atomic E-state index is 13.9. The standard InChI is InChI=1S/C30H49N6O10P/c1-5-6-7-8-15-36(18-27(39)34-24(28(32)40)16-19(2)3)30(42)23(13-14-26(31)38)35-29(41)25(33-20(4)37)17-21-9-11-22(12-10-21)46-47(43,44)45/h9-12,19,23-25H,5-8,13-18H2,1-4H3,(H2,31,38)(H2,32,40)(H,33,37)(H,34,39)(H,35,41)(H2,43,44,45)/t23-,24-,25-/m0/s1. The summed E-state index contributed by atoms with van der Waals surface area (Å²) >= 11 is 0. The van der Waals surface area contributed by atoms with Gasteiger partial charge in [-0.05, 0) is 42.9 Å². The number of carbonyl (C=O) groups excluding carboxylic acids is 6. The lowest BCUT2D eigenvalue weighted by Crippen LogP contribution is -2.56. The van der Waals surface area contributed by atoms with Crippen LogP contribution in [-0.4, -0.2) is 81.3 Å². The number of nitrogens with one attached hydrogen (secondary N) is 3. The Morgan fingerprint density at radius 2 is 1.55 bits per heavy atom. The lowest BCUT2D eigenvalue weighted by Gasteiger charge is -2.29. The van der Waals surface area contributed by atoms with Crippen molar-refractivity contribution < 1.29 is 47.6 Å². The van der Waals surface area contributed by atoms with E-state index in [1.54, 1.807) is 0 Å². The topological polar surface area (TPSA) is 261 Å². The first kappa shape index (κ1) is 41.0. The van der Waals surface area contributed by atoms with Gasteiger partial charge in [-0.3, -0.25) is 38.6 Å². The highest BCUT2D eigenvalue weighted by molar-refractivity contribution is 7.46. The first-order chi connectivity index (χ1) is 21.9. The molecule has 0 radical (unpaired) electrons. The smallest absolute Gasteiger partial charge is 0.404 e. The van der Waals surface area contributed by atoms with Crippen molar-refractivity contribution in [1.82, 2.24) is 20.9 Å². The van der Waals surface area contributed by atoms with Gasteiger partial charge < -0.3 is 36.8 Å². The summed E-state index contributed by atoms with van der Waals surface area (Å²) in [7, 11) is -4.79. The first-order valence-electron chi connectivity index (χ1n) is 15.5. The monoisotopic (exact) mass is 684 g/mol. The molecular formula is C30H49N6O10P. The zero-order valence-electron chi connectivity index (χ0n) is 27.4. The van der Waals surface area contributed by atoms with Crippen LogP contribution in [0.1, 0.15) is 78.2 Å². The number of unbranched alkanes of at least 4 members (excludes halogenated alkanes) is 3. The van der Waals surface area contributed by atoms with Crippen molar-refractivity contribution in [1.29, 1.82) is 0 Å². The predicted molar refractivity (Wildman–Crippen MR) is 172 cm³/mol. The SMILES string of the molecule is CCCCCCN(CC(=O)N[C@@H](CC(C)C)C(N)=O)C(=O)[C@H](CCC(N)=O)NC(=O)[C@H](Cc1ccc(OP(=O)(O)O)cc1)NC(C)=O. The fourth-order valence-corrected chi connectivity index (χ4v) is 5.07. The highest BCUT2D eigenvalue weighted by atomic mass is 31.2. The molecule has 3 atom stereocenters. The molecule has 17 heteroatoms. The number of nitrogens with two attached hydrogens (primary N) is 2. The number of benzene rings is 1. The van der Waals surface area contributed by atoms with Crippen LogP contribution >= 0.6 is 7.82 Å². The second-order valence-electron chi connectivity index (χ2n) is 11.7. The average Bonchev–Trinajstić information content (AvgIpc) is 2.95. The minimum absolute atomic E-state index is 0.0514. The van der Waals surface area contributed by atoms with Gasteiger partial charge in [-0.1, -0.05) is 52.2 Å². The third-order valence-electron chi connectivity index (χ3n) is 6.89. The van der Waals surface area contributed by atoms with E-state index in [-0.39, 0.29) is 37.5 Å². The van der Waals surface area contributed by atoms with Crippen molar-refractivity contribution >= 4 is 43.3 Å². The molecule has 9 N–H and O–H groups in total. The van der Waals surface area contributed by atoms with E-state index in [1.165, 1.54) is 36.1 Å². The number of primary amides is 2. The molecule has 0 aliphatic rings. The number of nitrogens with zero attached hydrogens (tertiary/aromatic N) is 1. The fraction of sp³-hybridized carbons (Fsp3) is 0.600. The van der Waals surface area contributed by atoms with Crippen molar-refractivity contribution in [3.05, 3.63) is 29.8 Å². The summed E-state index contributed by atoms with van der Waals surface area (Å²) in [6.45, 7) is 6.65. The zero-order valence-corrected chi connectivity index (χ0v) is 28.3. The molecule has 0 fully saturated rings. The van der Waals surface area contributed by atoms with Gasteiger partial charge in [-0.25, -0.2) is 4.57 Å². The molecule has 0 heterocycles. The van der Waals surface area contributed by atoms with E-state index in [0.29, 0.717) is 18.4 Å². The van der Waals surface area contributed by atoms with E-state index in [9.17, 15) is 33.3 Å². The molecule has 16 nitrogen and oxygen atoms in total. The van der Waals surface area contributed by atoms with Crippen molar-refractivity contribution in [3.63, 3.8) is 0 Å². The minimum atomic E-state index is -4.79. The van der Waals surface area contributed by atoms with Crippen LogP contribution in [0.15, 0.2) is 24.3 Å². The van der Waals surface area contributed by atoms with Gasteiger partial charge in [0.05, 0.1) is 6.54 Å². The molecule has 0 aliphatic heterocycles. The van der Waals surface area contributed by atoms with Crippen molar-refractivity contribution in [2.75, 3.05) is 13.1 Å². The third-order valence-corrected chi connectivity index (χ3v) is 7.34. The molecule has 0 bridgehead atoms. The lowest BCUT2D eigenvalue weighted by molar-refractivity contribution is -0.140. The number of amides is 6. The molecule has 264 valence electrons. The van der Waals surface area contributed by atoms with Gasteiger partial charge in [-0.2, -0.15) is 0 Å². The van der Waals surface area contributed by atoms with Crippen molar-refractivity contribution in [2.24, 2.45) is 17.4 Å². The number of phosphoric ester groups is 1. The maximum Gasteiger partial charge on any atom is 0.524 e.